The first-order chi connectivity index (χ1) is 10.1. The summed E-state index contributed by atoms with van der Waals surface area (Å²) < 4.78 is 0. The monoisotopic (exact) mass is 287 g/mol. The van der Waals surface area contributed by atoms with E-state index >= 15 is 0 Å². The molecule has 2 aliphatic heterocycles. The number of likely N-dealkylation sites (N-methyl/N-ethyl adjacent to an activating group) is 1. The Morgan fingerprint density at radius 1 is 1.24 bits per heavy atom. The van der Waals surface area contributed by atoms with E-state index in [1.54, 1.807) is 0 Å². The fourth-order valence-corrected chi connectivity index (χ4v) is 3.50. The first-order valence-electron chi connectivity index (χ1n) is 7.89. The Morgan fingerprint density at radius 2 is 1.95 bits per heavy atom. The summed E-state index contributed by atoms with van der Waals surface area (Å²) in [4.78, 5) is 17.0. The summed E-state index contributed by atoms with van der Waals surface area (Å²) in [5.74, 6) is 0.237. The third-order valence-corrected chi connectivity index (χ3v) is 4.70. The van der Waals surface area contributed by atoms with Gasteiger partial charge >= 0.3 is 0 Å². The van der Waals surface area contributed by atoms with E-state index in [9.17, 15) is 4.79 Å². The molecule has 4 nitrogen and oxygen atoms in total. The predicted molar refractivity (Wildman–Crippen MR) is 83.9 cm³/mol. The number of aryl methyl sites for hydroxylation is 1. The Labute approximate surface area is 127 Å². The van der Waals surface area contributed by atoms with Crippen molar-refractivity contribution < 1.29 is 4.79 Å². The van der Waals surface area contributed by atoms with Gasteiger partial charge in [-0.15, -0.1) is 0 Å². The highest BCUT2D eigenvalue weighted by molar-refractivity contribution is 5.84. The van der Waals surface area contributed by atoms with Crippen molar-refractivity contribution in [2.75, 3.05) is 20.1 Å². The molecule has 0 aliphatic carbocycles. The van der Waals surface area contributed by atoms with Crippen molar-refractivity contribution in [2.24, 2.45) is 0 Å². The van der Waals surface area contributed by atoms with Crippen LogP contribution in [0, 0.1) is 6.92 Å². The van der Waals surface area contributed by atoms with E-state index in [1.165, 1.54) is 17.5 Å². The molecule has 3 rings (SSSR count). The highest BCUT2D eigenvalue weighted by atomic mass is 16.2. The molecule has 0 radical (unpaired) electrons. The van der Waals surface area contributed by atoms with E-state index < -0.39 is 0 Å². The standard InChI is InChI=1S/C17H25N3O/c1-12-6-8-14(9-7-12)16-18-13(2)17(21)20(16)15-5-4-10-19(3)11-15/h6-9,13,15-16,18H,4-5,10-11H2,1-3H3. The van der Waals surface area contributed by atoms with Gasteiger partial charge in [0, 0.05) is 12.6 Å². The summed E-state index contributed by atoms with van der Waals surface area (Å²) in [6.07, 6.45) is 2.29. The lowest BCUT2D eigenvalue weighted by Gasteiger charge is -2.38. The van der Waals surface area contributed by atoms with E-state index in [1.807, 2.05) is 6.92 Å². The number of rotatable bonds is 2. The van der Waals surface area contributed by atoms with Gasteiger partial charge in [-0.25, -0.2) is 0 Å². The quantitative estimate of drug-likeness (QED) is 0.902. The normalized spacial score (nSPS) is 30.9. The molecule has 0 saturated carbocycles. The molecule has 1 N–H and O–H groups in total. The summed E-state index contributed by atoms with van der Waals surface area (Å²) in [7, 11) is 2.14. The van der Waals surface area contributed by atoms with Crippen LogP contribution in [-0.2, 0) is 4.79 Å². The SMILES string of the molecule is Cc1ccc(C2NC(C)C(=O)N2C2CCCN(C)C2)cc1. The fourth-order valence-electron chi connectivity index (χ4n) is 3.50. The van der Waals surface area contributed by atoms with Crippen LogP contribution in [0.25, 0.3) is 0 Å². The van der Waals surface area contributed by atoms with Crippen LogP contribution in [0.3, 0.4) is 0 Å². The number of carbonyl (C=O) groups excluding carboxylic acids is 1. The van der Waals surface area contributed by atoms with Gasteiger partial charge < -0.3 is 9.80 Å². The van der Waals surface area contributed by atoms with Crippen molar-refractivity contribution in [3.63, 3.8) is 0 Å². The average molecular weight is 287 g/mol. The molecule has 114 valence electrons. The number of nitrogens with zero attached hydrogens (tertiary/aromatic N) is 2. The Bertz CT molecular complexity index is 513. The Balaban J connectivity index is 1.87. The average Bonchev–Trinajstić information content (AvgIpc) is 2.76. The maximum atomic E-state index is 12.6. The number of likely N-dealkylation sites (tertiary alicyclic amines) is 1. The van der Waals surface area contributed by atoms with E-state index in [-0.39, 0.29) is 18.1 Å². The molecular formula is C17H25N3O. The number of hydrogen-bond acceptors (Lipinski definition) is 3. The molecule has 1 amide bonds. The van der Waals surface area contributed by atoms with Crippen LogP contribution in [0.2, 0.25) is 0 Å². The third-order valence-electron chi connectivity index (χ3n) is 4.70. The first-order valence-corrected chi connectivity index (χ1v) is 7.89. The number of amides is 1. The minimum absolute atomic E-state index is 0.0181. The molecule has 2 saturated heterocycles. The van der Waals surface area contributed by atoms with Crippen LogP contribution in [0.4, 0.5) is 0 Å². The zero-order chi connectivity index (χ0) is 15.0. The number of carbonyl (C=O) groups is 1. The maximum Gasteiger partial charge on any atom is 0.241 e. The molecule has 21 heavy (non-hydrogen) atoms. The fraction of sp³-hybridized carbons (Fsp3) is 0.588. The van der Waals surface area contributed by atoms with Crippen molar-refractivity contribution in [3.8, 4) is 0 Å². The molecule has 4 heteroatoms. The molecular weight excluding hydrogens is 262 g/mol. The van der Waals surface area contributed by atoms with Crippen molar-refractivity contribution in [3.05, 3.63) is 35.4 Å². The molecule has 2 aliphatic rings. The molecule has 0 spiro atoms. The van der Waals surface area contributed by atoms with Crippen molar-refractivity contribution in [1.29, 1.82) is 0 Å². The van der Waals surface area contributed by atoms with E-state index in [4.69, 9.17) is 0 Å². The minimum Gasteiger partial charge on any atom is -0.317 e. The Morgan fingerprint density at radius 3 is 2.62 bits per heavy atom. The number of hydrogen-bond donors (Lipinski definition) is 1. The van der Waals surface area contributed by atoms with Gasteiger partial charge in [-0.3, -0.25) is 10.1 Å². The molecule has 2 fully saturated rings. The molecule has 1 aromatic carbocycles. The second-order valence-corrected chi connectivity index (χ2v) is 6.51. The molecule has 0 aromatic heterocycles. The summed E-state index contributed by atoms with van der Waals surface area (Å²) >= 11 is 0. The van der Waals surface area contributed by atoms with Gasteiger partial charge in [-0.1, -0.05) is 29.8 Å². The van der Waals surface area contributed by atoms with Gasteiger partial charge in [0.1, 0.15) is 6.17 Å². The Hall–Kier alpha value is -1.39. The lowest BCUT2D eigenvalue weighted by atomic mass is 10.0. The van der Waals surface area contributed by atoms with Gasteiger partial charge in [-0.05, 0) is 45.8 Å². The van der Waals surface area contributed by atoms with Crippen LogP contribution in [0.5, 0.6) is 0 Å². The zero-order valence-electron chi connectivity index (χ0n) is 13.2. The van der Waals surface area contributed by atoms with Crippen LogP contribution in [0.1, 0.15) is 37.1 Å². The van der Waals surface area contributed by atoms with Crippen molar-refractivity contribution in [1.82, 2.24) is 15.1 Å². The maximum absolute atomic E-state index is 12.6. The lowest BCUT2D eigenvalue weighted by Crippen LogP contribution is -2.49. The number of benzene rings is 1. The van der Waals surface area contributed by atoms with Crippen molar-refractivity contribution in [2.45, 2.75) is 44.9 Å². The summed E-state index contributed by atoms with van der Waals surface area (Å²) in [6, 6.07) is 8.74. The second-order valence-electron chi connectivity index (χ2n) is 6.51. The third kappa shape index (κ3) is 2.83. The van der Waals surface area contributed by atoms with Crippen LogP contribution in [0.15, 0.2) is 24.3 Å². The lowest BCUT2D eigenvalue weighted by molar-refractivity contribution is -0.133. The number of piperidine rings is 1. The number of nitrogens with one attached hydrogen (secondary N) is 1. The van der Waals surface area contributed by atoms with Crippen LogP contribution in [-0.4, -0.2) is 47.9 Å². The van der Waals surface area contributed by atoms with Gasteiger partial charge in [0.05, 0.1) is 6.04 Å². The highest BCUT2D eigenvalue weighted by Crippen LogP contribution is 2.30. The molecule has 1 aromatic rings. The smallest absolute Gasteiger partial charge is 0.241 e. The summed E-state index contributed by atoms with van der Waals surface area (Å²) in [5.41, 5.74) is 2.44. The minimum atomic E-state index is -0.0939. The Kier molecular flexibility index (Phi) is 4.00. The molecule has 2 heterocycles. The topological polar surface area (TPSA) is 35.6 Å². The van der Waals surface area contributed by atoms with Crippen LogP contribution < -0.4 is 5.32 Å². The predicted octanol–water partition coefficient (Wildman–Crippen LogP) is 1.91. The van der Waals surface area contributed by atoms with Gasteiger partial charge in [-0.2, -0.15) is 0 Å². The van der Waals surface area contributed by atoms with Crippen LogP contribution >= 0.6 is 0 Å². The van der Waals surface area contributed by atoms with Gasteiger partial charge in [0.2, 0.25) is 5.91 Å². The first kappa shape index (κ1) is 14.5. The molecule has 0 bridgehead atoms. The zero-order valence-corrected chi connectivity index (χ0v) is 13.2. The van der Waals surface area contributed by atoms with Gasteiger partial charge in [0.25, 0.3) is 0 Å². The van der Waals surface area contributed by atoms with E-state index in [0.717, 1.165) is 19.5 Å². The molecule has 3 atom stereocenters. The van der Waals surface area contributed by atoms with Crippen molar-refractivity contribution >= 4 is 5.91 Å². The van der Waals surface area contributed by atoms with Gasteiger partial charge in [0.15, 0.2) is 0 Å². The highest BCUT2D eigenvalue weighted by Gasteiger charge is 2.41. The summed E-state index contributed by atoms with van der Waals surface area (Å²) in [6.45, 7) is 6.17. The largest absolute Gasteiger partial charge is 0.317 e. The second kappa shape index (κ2) is 5.78. The summed E-state index contributed by atoms with van der Waals surface area (Å²) in [5, 5.41) is 3.46. The molecule has 3 unspecified atom stereocenters. The van der Waals surface area contributed by atoms with E-state index in [2.05, 4.69) is 53.4 Å². The van der Waals surface area contributed by atoms with E-state index in [0.29, 0.717) is 6.04 Å².